The van der Waals surface area contributed by atoms with E-state index in [1.54, 1.807) is 19.2 Å². The van der Waals surface area contributed by atoms with Gasteiger partial charge in [0.05, 0.1) is 12.1 Å². The molecule has 0 spiro atoms. The Hall–Kier alpha value is -2.50. The number of nitrogens with zero attached hydrogens (tertiary/aromatic N) is 2. The molecule has 0 aliphatic heterocycles. The maximum Gasteiger partial charge on any atom is 0.137 e. The third kappa shape index (κ3) is 4.53. The fraction of sp³-hybridized carbons (Fsp3) is 0.111. The molecule has 0 atom stereocenters. The highest BCUT2D eigenvalue weighted by Crippen LogP contribution is 2.28. The van der Waals surface area contributed by atoms with Gasteiger partial charge in [-0.3, -0.25) is 0 Å². The van der Waals surface area contributed by atoms with E-state index in [1.807, 2.05) is 36.4 Å². The van der Waals surface area contributed by atoms with Crippen LogP contribution in [0.2, 0.25) is 10.0 Å². The van der Waals surface area contributed by atoms with Crippen LogP contribution in [0, 0.1) is 0 Å². The van der Waals surface area contributed by atoms with Gasteiger partial charge in [0, 0.05) is 23.3 Å². The van der Waals surface area contributed by atoms with Crippen molar-refractivity contribution >= 4 is 40.5 Å². The summed E-state index contributed by atoms with van der Waals surface area (Å²) in [4.78, 5) is 8.44. The molecular formula is C18H16Cl2N4O. The van der Waals surface area contributed by atoms with Crippen LogP contribution in [-0.4, -0.2) is 17.1 Å². The molecule has 1 aromatic heterocycles. The van der Waals surface area contributed by atoms with Crippen molar-refractivity contribution in [1.29, 1.82) is 0 Å². The summed E-state index contributed by atoms with van der Waals surface area (Å²) in [7, 11) is 1.58. The average Bonchev–Trinajstić information content (AvgIpc) is 2.62. The van der Waals surface area contributed by atoms with E-state index in [9.17, 15) is 0 Å². The van der Waals surface area contributed by atoms with Crippen LogP contribution in [0.15, 0.2) is 54.9 Å². The number of rotatable bonds is 6. The summed E-state index contributed by atoms with van der Waals surface area (Å²) in [6, 6.07) is 14.9. The van der Waals surface area contributed by atoms with E-state index in [1.165, 1.54) is 6.33 Å². The first-order valence-corrected chi connectivity index (χ1v) is 8.31. The minimum absolute atomic E-state index is 0.527. The summed E-state index contributed by atoms with van der Waals surface area (Å²) in [6.07, 6.45) is 1.49. The van der Waals surface area contributed by atoms with Crippen LogP contribution in [0.1, 0.15) is 5.56 Å². The quantitative estimate of drug-likeness (QED) is 0.624. The fourth-order valence-electron chi connectivity index (χ4n) is 2.24. The second kappa shape index (κ2) is 8.05. The SMILES string of the molecule is COc1ccc(Nc2cc(NCc3ccccc3Cl)ncn2)cc1Cl. The highest BCUT2D eigenvalue weighted by atomic mass is 35.5. The first kappa shape index (κ1) is 17.3. The highest BCUT2D eigenvalue weighted by molar-refractivity contribution is 6.32. The number of nitrogens with one attached hydrogen (secondary N) is 2. The van der Waals surface area contributed by atoms with E-state index in [0.717, 1.165) is 16.3 Å². The molecule has 5 nitrogen and oxygen atoms in total. The molecule has 3 rings (SSSR count). The Morgan fingerprint density at radius 3 is 2.52 bits per heavy atom. The number of hydrogen-bond acceptors (Lipinski definition) is 5. The summed E-state index contributed by atoms with van der Waals surface area (Å²) in [5.74, 6) is 1.96. The van der Waals surface area contributed by atoms with Gasteiger partial charge in [-0.05, 0) is 29.8 Å². The van der Waals surface area contributed by atoms with Gasteiger partial charge >= 0.3 is 0 Å². The van der Waals surface area contributed by atoms with Gasteiger partial charge in [-0.15, -0.1) is 0 Å². The standard InChI is InChI=1S/C18H16Cl2N4O/c1-25-16-7-6-13(8-15(16)20)24-18-9-17(22-11-23-18)21-10-12-4-2-3-5-14(12)19/h2-9,11H,10H2,1H3,(H2,21,22,23,24). The fourth-order valence-corrected chi connectivity index (χ4v) is 2.70. The van der Waals surface area contributed by atoms with Gasteiger partial charge < -0.3 is 15.4 Å². The Balaban J connectivity index is 1.69. The number of anilines is 3. The number of hydrogen-bond donors (Lipinski definition) is 2. The van der Waals surface area contributed by atoms with Crippen LogP contribution in [0.25, 0.3) is 0 Å². The van der Waals surface area contributed by atoms with Gasteiger partial charge in [-0.2, -0.15) is 0 Å². The highest BCUT2D eigenvalue weighted by Gasteiger charge is 2.05. The predicted octanol–water partition coefficient (Wildman–Crippen LogP) is 5.15. The Bertz CT molecular complexity index is 873. The Morgan fingerprint density at radius 2 is 1.76 bits per heavy atom. The van der Waals surface area contributed by atoms with Crippen molar-refractivity contribution in [2.45, 2.75) is 6.54 Å². The molecule has 0 fully saturated rings. The van der Waals surface area contributed by atoms with Gasteiger partial charge in [-0.25, -0.2) is 9.97 Å². The Morgan fingerprint density at radius 1 is 0.960 bits per heavy atom. The van der Waals surface area contributed by atoms with Crippen molar-refractivity contribution in [2.24, 2.45) is 0 Å². The summed E-state index contributed by atoms with van der Waals surface area (Å²) < 4.78 is 5.15. The minimum Gasteiger partial charge on any atom is -0.495 e. The molecule has 0 aliphatic carbocycles. The van der Waals surface area contributed by atoms with E-state index in [0.29, 0.717) is 29.0 Å². The number of halogens is 2. The number of aromatic nitrogens is 2. The van der Waals surface area contributed by atoms with Gasteiger partial charge in [0.15, 0.2) is 0 Å². The van der Waals surface area contributed by atoms with E-state index in [4.69, 9.17) is 27.9 Å². The molecule has 0 unspecified atom stereocenters. The van der Waals surface area contributed by atoms with Gasteiger partial charge in [0.2, 0.25) is 0 Å². The van der Waals surface area contributed by atoms with Gasteiger partial charge in [-0.1, -0.05) is 41.4 Å². The zero-order chi connectivity index (χ0) is 17.6. The first-order valence-electron chi connectivity index (χ1n) is 7.55. The van der Waals surface area contributed by atoms with E-state index in [2.05, 4.69) is 20.6 Å². The van der Waals surface area contributed by atoms with Crippen molar-refractivity contribution in [3.63, 3.8) is 0 Å². The molecule has 7 heteroatoms. The topological polar surface area (TPSA) is 59.1 Å². The molecule has 3 aromatic rings. The largest absolute Gasteiger partial charge is 0.495 e. The van der Waals surface area contributed by atoms with Crippen LogP contribution in [0.3, 0.4) is 0 Å². The van der Waals surface area contributed by atoms with E-state index in [-0.39, 0.29) is 0 Å². The summed E-state index contributed by atoms with van der Waals surface area (Å²) in [5.41, 5.74) is 1.81. The van der Waals surface area contributed by atoms with Crippen LogP contribution in [0.4, 0.5) is 17.3 Å². The van der Waals surface area contributed by atoms with Crippen molar-refractivity contribution in [1.82, 2.24) is 9.97 Å². The lowest BCUT2D eigenvalue weighted by molar-refractivity contribution is 0.415. The second-order valence-corrected chi connectivity index (χ2v) is 6.02. The average molecular weight is 375 g/mol. The first-order chi connectivity index (χ1) is 12.2. The second-order valence-electron chi connectivity index (χ2n) is 5.21. The lowest BCUT2D eigenvalue weighted by Crippen LogP contribution is -2.03. The molecule has 25 heavy (non-hydrogen) atoms. The Kier molecular flexibility index (Phi) is 5.58. The predicted molar refractivity (Wildman–Crippen MR) is 102 cm³/mol. The summed E-state index contributed by atoms with van der Waals surface area (Å²) in [5, 5.41) is 7.67. The molecule has 1 heterocycles. The molecule has 0 aliphatic rings. The van der Waals surface area contributed by atoms with Crippen molar-refractivity contribution in [3.8, 4) is 5.75 Å². The molecule has 0 radical (unpaired) electrons. The molecule has 128 valence electrons. The zero-order valence-electron chi connectivity index (χ0n) is 13.5. The third-order valence-electron chi connectivity index (χ3n) is 3.51. The monoisotopic (exact) mass is 374 g/mol. The molecule has 2 aromatic carbocycles. The van der Waals surface area contributed by atoms with Crippen LogP contribution < -0.4 is 15.4 Å². The molecular weight excluding hydrogens is 359 g/mol. The van der Waals surface area contributed by atoms with Gasteiger partial charge in [0.1, 0.15) is 23.7 Å². The normalized spacial score (nSPS) is 10.4. The van der Waals surface area contributed by atoms with E-state index >= 15 is 0 Å². The molecule has 0 saturated carbocycles. The summed E-state index contributed by atoms with van der Waals surface area (Å²) >= 11 is 12.3. The molecule has 0 bridgehead atoms. The van der Waals surface area contributed by atoms with Crippen LogP contribution in [0.5, 0.6) is 5.75 Å². The molecule has 0 saturated heterocycles. The number of ether oxygens (including phenoxy) is 1. The smallest absolute Gasteiger partial charge is 0.137 e. The van der Waals surface area contributed by atoms with Crippen LogP contribution in [-0.2, 0) is 6.54 Å². The summed E-state index contributed by atoms with van der Waals surface area (Å²) in [6.45, 7) is 0.574. The molecule has 2 N–H and O–H groups in total. The lowest BCUT2D eigenvalue weighted by Gasteiger charge is -2.10. The Labute approximate surface area is 156 Å². The number of benzene rings is 2. The maximum absolute atomic E-state index is 6.16. The van der Waals surface area contributed by atoms with E-state index < -0.39 is 0 Å². The van der Waals surface area contributed by atoms with Crippen molar-refractivity contribution in [2.75, 3.05) is 17.7 Å². The van der Waals surface area contributed by atoms with Crippen molar-refractivity contribution in [3.05, 3.63) is 70.5 Å². The van der Waals surface area contributed by atoms with Crippen molar-refractivity contribution < 1.29 is 4.74 Å². The number of methoxy groups -OCH3 is 1. The van der Waals surface area contributed by atoms with Gasteiger partial charge in [0.25, 0.3) is 0 Å². The minimum atomic E-state index is 0.527. The maximum atomic E-state index is 6.16. The van der Waals surface area contributed by atoms with Crippen LogP contribution >= 0.6 is 23.2 Å². The third-order valence-corrected chi connectivity index (χ3v) is 4.17. The molecule has 0 amide bonds. The zero-order valence-corrected chi connectivity index (χ0v) is 15.0. The lowest BCUT2D eigenvalue weighted by atomic mass is 10.2.